The van der Waals surface area contributed by atoms with Crippen molar-refractivity contribution in [2.75, 3.05) is 36.9 Å². The normalized spacial score (nSPS) is 26.8. The van der Waals surface area contributed by atoms with E-state index in [1.165, 1.54) is 12.3 Å². The largest absolute Gasteiger partial charge is 0.419 e. The van der Waals surface area contributed by atoms with Gasteiger partial charge in [-0.25, -0.2) is 0 Å². The van der Waals surface area contributed by atoms with E-state index in [2.05, 4.69) is 15.2 Å². The minimum atomic E-state index is -4.47. The lowest BCUT2D eigenvalue weighted by atomic mass is 9.81. The highest BCUT2D eigenvalue weighted by Crippen LogP contribution is 2.46. The predicted octanol–water partition coefficient (Wildman–Crippen LogP) is 1.47. The highest BCUT2D eigenvalue weighted by Gasteiger charge is 2.56. The number of pyridine rings is 1. The predicted molar refractivity (Wildman–Crippen MR) is 76.1 cm³/mol. The second-order valence-corrected chi connectivity index (χ2v) is 6.08. The summed E-state index contributed by atoms with van der Waals surface area (Å²) in [6.45, 7) is 1.41. The maximum atomic E-state index is 13.3. The molecule has 0 saturated carbocycles. The van der Waals surface area contributed by atoms with E-state index in [1.54, 1.807) is 4.90 Å². The van der Waals surface area contributed by atoms with Gasteiger partial charge < -0.3 is 19.8 Å². The van der Waals surface area contributed by atoms with Crippen molar-refractivity contribution in [2.24, 2.45) is 5.92 Å². The van der Waals surface area contributed by atoms with Crippen molar-refractivity contribution in [3.8, 4) is 0 Å². The number of hydrogen-bond donors (Lipinski definition) is 1. The quantitative estimate of drug-likeness (QED) is 0.884. The van der Waals surface area contributed by atoms with Gasteiger partial charge >= 0.3 is 12.2 Å². The SMILES string of the molecule is Nc1nnc([C@@]23COC[C@@H]2CN(c2ccncc2C(F)(F)F)C3)o1. The van der Waals surface area contributed by atoms with Crippen molar-refractivity contribution in [2.45, 2.75) is 11.6 Å². The first-order chi connectivity index (χ1) is 11.4. The first kappa shape index (κ1) is 15.2. The lowest BCUT2D eigenvalue weighted by Crippen LogP contribution is -2.36. The van der Waals surface area contributed by atoms with Gasteiger partial charge in [-0.3, -0.25) is 4.98 Å². The van der Waals surface area contributed by atoms with Crippen LogP contribution in [0.3, 0.4) is 0 Å². The molecule has 0 aromatic carbocycles. The molecular formula is C14H14F3N5O2. The summed E-state index contributed by atoms with van der Waals surface area (Å²) in [5.74, 6) is 0.263. The van der Waals surface area contributed by atoms with Crippen molar-refractivity contribution in [1.82, 2.24) is 15.2 Å². The molecule has 2 saturated heterocycles. The van der Waals surface area contributed by atoms with Crippen LogP contribution in [0.2, 0.25) is 0 Å². The van der Waals surface area contributed by atoms with E-state index in [-0.39, 0.29) is 24.2 Å². The third-order valence-corrected chi connectivity index (χ3v) is 4.68. The first-order valence-electron chi connectivity index (χ1n) is 7.33. The average Bonchev–Trinajstić information content (AvgIpc) is 3.19. The average molecular weight is 341 g/mol. The Morgan fingerprint density at radius 2 is 2.17 bits per heavy atom. The van der Waals surface area contributed by atoms with Crippen molar-refractivity contribution < 1.29 is 22.3 Å². The Morgan fingerprint density at radius 1 is 1.33 bits per heavy atom. The minimum Gasteiger partial charge on any atom is -0.407 e. The zero-order valence-corrected chi connectivity index (χ0v) is 12.5. The number of anilines is 2. The number of rotatable bonds is 2. The van der Waals surface area contributed by atoms with E-state index < -0.39 is 17.2 Å². The minimum absolute atomic E-state index is 0.0494. The summed E-state index contributed by atoms with van der Waals surface area (Å²) in [6, 6.07) is 1.31. The molecule has 0 aliphatic carbocycles. The van der Waals surface area contributed by atoms with Crippen LogP contribution in [0.15, 0.2) is 22.9 Å². The van der Waals surface area contributed by atoms with Crippen LogP contribution in [-0.2, 0) is 16.3 Å². The maximum Gasteiger partial charge on any atom is 0.419 e. The van der Waals surface area contributed by atoms with Gasteiger partial charge in [0.1, 0.15) is 0 Å². The summed E-state index contributed by atoms with van der Waals surface area (Å²) in [6.07, 6.45) is -2.27. The van der Waals surface area contributed by atoms with E-state index in [0.717, 1.165) is 6.20 Å². The molecule has 2 atom stereocenters. The molecule has 0 amide bonds. The van der Waals surface area contributed by atoms with Crippen LogP contribution < -0.4 is 10.6 Å². The van der Waals surface area contributed by atoms with E-state index in [1.807, 2.05) is 0 Å². The monoisotopic (exact) mass is 341 g/mol. The van der Waals surface area contributed by atoms with Crippen LogP contribution in [0.1, 0.15) is 11.5 Å². The standard InChI is InChI=1S/C14H14F3N5O2/c15-14(16,17)9-3-19-2-1-10(9)22-4-8-5-23-7-13(8,6-22)11-20-21-12(18)24-11/h1-3,8H,4-7H2,(H2,18,21)/t8-,13-/m0/s1. The number of alkyl halides is 3. The van der Waals surface area contributed by atoms with Gasteiger partial charge in [0.2, 0.25) is 5.89 Å². The zero-order valence-electron chi connectivity index (χ0n) is 12.5. The molecule has 0 radical (unpaired) electrons. The Hall–Kier alpha value is -2.36. The lowest BCUT2D eigenvalue weighted by molar-refractivity contribution is -0.137. The summed E-state index contributed by atoms with van der Waals surface area (Å²) in [4.78, 5) is 5.28. The molecule has 0 bridgehead atoms. The van der Waals surface area contributed by atoms with Crippen LogP contribution in [0.25, 0.3) is 0 Å². The first-order valence-corrected chi connectivity index (χ1v) is 7.33. The fraction of sp³-hybridized carbons (Fsp3) is 0.500. The molecule has 2 aliphatic rings. The van der Waals surface area contributed by atoms with Crippen LogP contribution in [0.4, 0.5) is 24.9 Å². The van der Waals surface area contributed by atoms with Gasteiger partial charge in [-0.2, -0.15) is 13.2 Å². The molecule has 0 spiro atoms. The Kier molecular flexibility index (Phi) is 3.21. The Balaban J connectivity index is 1.72. The summed E-state index contributed by atoms with van der Waals surface area (Å²) in [7, 11) is 0. The maximum absolute atomic E-state index is 13.3. The van der Waals surface area contributed by atoms with E-state index in [4.69, 9.17) is 14.9 Å². The van der Waals surface area contributed by atoms with Crippen LogP contribution in [-0.4, -0.2) is 41.5 Å². The fourth-order valence-corrected chi connectivity index (χ4v) is 3.54. The number of ether oxygens (including phenoxy) is 1. The number of halogens is 3. The number of nitrogens with two attached hydrogens (primary N) is 1. The summed E-state index contributed by atoms with van der Waals surface area (Å²) >= 11 is 0. The molecule has 2 N–H and O–H groups in total. The molecule has 4 heterocycles. The van der Waals surface area contributed by atoms with Crippen molar-refractivity contribution in [3.05, 3.63) is 29.9 Å². The second-order valence-electron chi connectivity index (χ2n) is 6.08. The Bertz CT molecular complexity index is 765. The fourth-order valence-electron chi connectivity index (χ4n) is 3.54. The Morgan fingerprint density at radius 3 is 2.88 bits per heavy atom. The number of aromatic nitrogens is 3. The molecule has 2 aromatic heterocycles. The molecule has 24 heavy (non-hydrogen) atoms. The van der Waals surface area contributed by atoms with Gasteiger partial charge in [0.05, 0.1) is 29.9 Å². The smallest absolute Gasteiger partial charge is 0.407 e. The van der Waals surface area contributed by atoms with Gasteiger partial charge in [0, 0.05) is 31.4 Å². The summed E-state index contributed by atoms with van der Waals surface area (Å²) < 4.78 is 50.7. The van der Waals surface area contributed by atoms with Gasteiger partial charge in [-0.05, 0) is 6.07 Å². The topological polar surface area (TPSA) is 90.3 Å². The number of hydrogen-bond acceptors (Lipinski definition) is 7. The van der Waals surface area contributed by atoms with Gasteiger partial charge in [-0.1, -0.05) is 5.10 Å². The van der Waals surface area contributed by atoms with Gasteiger partial charge in [0.15, 0.2) is 0 Å². The van der Waals surface area contributed by atoms with Crippen LogP contribution >= 0.6 is 0 Å². The van der Waals surface area contributed by atoms with E-state index >= 15 is 0 Å². The molecule has 4 rings (SSSR count). The molecule has 2 aromatic rings. The molecule has 2 aliphatic heterocycles. The molecule has 128 valence electrons. The van der Waals surface area contributed by atoms with Crippen molar-refractivity contribution >= 4 is 11.7 Å². The van der Waals surface area contributed by atoms with E-state index in [0.29, 0.717) is 25.6 Å². The van der Waals surface area contributed by atoms with Gasteiger partial charge in [0.25, 0.3) is 0 Å². The van der Waals surface area contributed by atoms with Crippen LogP contribution in [0.5, 0.6) is 0 Å². The van der Waals surface area contributed by atoms with Crippen LogP contribution in [0, 0.1) is 5.92 Å². The summed E-state index contributed by atoms with van der Waals surface area (Å²) in [5.41, 5.74) is 4.20. The Labute approximate surface area is 134 Å². The number of nitrogens with zero attached hydrogens (tertiary/aromatic N) is 4. The second kappa shape index (κ2) is 5.07. The van der Waals surface area contributed by atoms with Crippen molar-refractivity contribution in [3.63, 3.8) is 0 Å². The summed E-state index contributed by atoms with van der Waals surface area (Å²) in [5, 5.41) is 7.62. The third-order valence-electron chi connectivity index (χ3n) is 4.68. The highest BCUT2D eigenvalue weighted by atomic mass is 19.4. The highest BCUT2D eigenvalue weighted by molar-refractivity contribution is 5.56. The number of nitrogen functional groups attached to an aromatic ring is 1. The molecule has 7 nitrogen and oxygen atoms in total. The van der Waals surface area contributed by atoms with Gasteiger partial charge in [-0.15, -0.1) is 5.10 Å². The molecule has 10 heteroatoms. The lowest BCUT2D eigenvalue weighted by Gasteiger charge is -2.25. The third kappa shape index (κ3) is 2.20. The van der Waals surface area contributed by atoms with Crippen molar-refractivity contribution in [1.29, 1.82) is 0 Å². The molecule has 2 fully saturated rings. The molecular weight excluding hydrogens is 327 g/mol. The molecule has 0 unspecified atom stereocenters. The number of fused-ring (bicyclic) bond motifs is 1. The zero-order chi connectivity index (χ0) is 16.9. The van der Waals surface area contributed by atoms with E-state index in [9.17, 15) is 13.2 Å².